The van der Waals surface area contributed by atoms with Gasteiger partial charge in [0.1, 0.15) is 0 Å². The number of hydrogen-bond acceptors (Lipinski definition) is 7. The molecule has 0 saturated carbocycles. The molecule has 0 spiro atoms. The Labute approximate surface area is 125 Å². The minimum atomic E-state index is -2.87. The zero-order chi connectivity index (χ0) is 15.1. The molecule has 3 fully saturated rings. The molecule has 3 aliphatic rings. The third-order valence-corrected chi connectivity index (χ3v) is 9.72. The molecule has 8 heteroatoms. The van der Waals surface area contributed by atoms with Gasteiger partial charge < -0.3 is 9.74 Å². The highest BCUT2D eigenvalue weighted by atomic mass is 28.4. The van der Waals surface area contributed by atoms with Gasteiger partial charge in [0.05, 0.1) is 0 Å². The van der Waals surface area contributed by atoms with E-state index < -0.39 is 19.1 Å². The van der Waals surface area contributed by atoms with Crippen LogP contribution in [-0.4, -0.2) is 38.2 Å². The lowest BCUT2D eigenvalue weighted by atomic mass is 10.0. The van der Waals surface area contributed by atoms with Crippen LogP contribution in [0.4, 0.5) is 0 Å². The molecule has 1 unspecified atom stereocenters. The van der Waals surface area contributed by atoms with E-state index in [9.17, 15) is 4.79 Å². The SMILES string of the molecule is CC(=O)O[Si](CCCC1CCNC1)(C1(C)OO1)C1(C)OO1. The fraction of sp³-hybridized carbons (Fsp3) is 0.923. The average molecular weight is 317 g/mol. The Morgan fingerprint density at radius 3 is 2.33 bits per heavy atom. The van der Waals surface area contributed by atoms with E-state index in [1.807, 2.05) is 0 Å². The Balaban J connectivity index is 1.70. The van der Waals surface area contributed by atoms with Gasteiger partial charge in [0, 0.05) is 6.92 Å². The molecule has 3 saturated heterocycles. The van der Waals surface area contributed by atoms with Gasteiger partial charge in [-0.2, -0.15) is 19.6 Å². The number of hydrogen-bond donors (Lipinski definition) is 1. The first-order chi connectivity index (χ1) is 9.91. The maximum atomic E-state index is 11.6. The molecule has 21 heavy (non-hydrogen) atoms. The minimum absolute atomic E-state index is 0.343. The summed E-state index contributed by atoms with van der Waals surface area (Å²) in [6, 6.07) is 0.704. The predicted molar refractivity (Wildman–Crippen MR) is 73.7 cm³/mol. The van der Waals surface area contributed by atoms with Gasteiger partial charge in [-0.05, 0) is 51.7 Å². The number of nitrogens with one attached hydrogen (secondary N) is 1. The molecule has 3 heterocycles. The molecule has 0 aliphatic carbocycles. The van der Waals surface area contributed by atoms with Crippen molar-refractivity contribution >= 4 is 14.3 Å². The van der Waals surface area contributed by atoms with Crippen molar-refractivity contribution in [1.82, 2.24) is 5.32 Å². The van der Waals surface area contributed by atoms with Crippen LogP contribution in [0.15, 0.2) is 0 Å². The van der Waals surface area contributed by atoms with E-state index in [1.165, 1.54) is 13.3 Å². The predicted octanol–water partition coefficient (Wildman–Crippen LogP) is 1.32. The summed E-state index contributed by atoms with van der Waals surface area (Å²) >= 11 is 0. The molecule has 0 amide bonds. The summed E-state index contributed by atoms with van der Waals surface area (Å²) in [4.78, 5) is 32.3. The first kappa shape index (κ1) is 15.4. The molecule has 0 aromatic rings. The maximum absolute atomic E-state index is 11.6. The summed E-state index contributed by atoms with van der Waals surface area (Å²) in [5, 5.41) is 3.36. The molecule has 0 aromatic heterocycles. The Kier molecular flexibility index (Phi) is 3.87. The van der Waals surface area contributed by atoms with Crippen LogP contribution < -0.4 is 5.32 Å². The van der Waals surface area contributed by atoms with Crippen LogP contribution in [0.25, 0.3) is 0 Å². The van der Waals surface area contributed by atoms with Crippen LogP contribution >= 0.6 is 0 Å². The molecule has 0 radical (unpaired) electrons. The Hall–Kier alpha value is -0.513. The van der Waals surface area contributed by atoms with Gasteiger partial charge in [0.2, 0.25) is 0 Å². The minimum Gasteiger partial charge on any atom is -0.507 e. The Bertz CT molecular complexity index is 399. The monoisotopic (exact) mass is 317 g/mol. The van der Waals surface area contributed by atoms with Crippen LogP contribution in [0.1, 0.15) is 40.0 Å². The first-order valence-electron chi connectivity index (χ1n) is 7.55. The normalized spacial score (nSPS) is 29.2. The standard InChI is InChI=1S/C13H23NO6Si/c1-10(15)16-21(12(2)17-18-12,13(3)19-20-13)8-4-5-11-6-7-14-9-11/h11,14H,4-9H2,1-3H3. The van der Waals surface area contributed by atoms with Crippen molar-refractivity contribution in [2.75, 3.05) is 13.1 Å². The van der Waals surface area contributed by atoms with Crippen LogP contribution in [0.2, 0.25) is 6.04 Å². The zero-order valence-corrected chi connectivity index (χ0v) is 13.8. The maximum Gasteiger partial charge on any atom is 0.390 e. The van der Waals surface area contributed by atoms with Crippen molar-refractivity contribution in [2.45, 2.75) is 56.9 Å². The second-order valence-electron chi connectivity index (χ2n) is 6.40. The fourth-order valence-corrected chi connectivity index (χ4v) is 7.36. The van der Waals surface area contributed by atoms with E-state index in [0.29, 0.717) is 12.0 Å². The molecule has 1 atom stereocenters. The van der Waals surface area contributed by atoms with E-state index in [-0.39, 0.29) is 5.97 Å². The number of rotatable bonds is 7. The Morgan fingerprint density at radius 1 is 1.29 bits per heavy atom. The van der Waals surface area contributed by atoms with Crippen molar-refractivity contribution in [3.8, 4) is 0 Å². The molecule has 7 nitrogen and oxygen atoms in total. The van der Waals surface area contributed by atoms with E-state index in [2.05, 4.69) is 5.32 Å². The summed E-state index contributed by atoms with van der Waals surface area (Å²) in [6.45, 7) is 7.16. The van der Waals surface area contributed by atoms with Crippen molar-refractivity contribution in [3.05, 3.63) is 0 Å². The van der Waals surface area contributed by atoms with E-state index >= 15 is 0 Å². The van der Waals surface area contributed by atoms with Crippen molar-refractivity contribution in [1.29, 1.82) is 0 Å². The molecular formula is C13H23NO6Si. The summed E-state index contributed by atoms with van der Waals surface area (Å²) in [7, 11) is -2.87. The van der Waals surface area contributed by atoms with Gasteiger partial charge in [-0.15, -0.1) is 0 Å². The van der Waals surface area contributed by atoms with Gasteiger partial charge in [-0.3, -0.25) is 4.79 Å². The van der Waals surface area contributed by atoms with Crippen molar-refractivity contribution in [3.63, 3.8) is 0 Å². The summed E-state index contributed by atoms with van der Waals surface area (Å²) in [6.07, 6.45) is 3.24. The highest BCUT2D eigenvalue weighted by molar-refractivity contribution is 6.80. The van der Waals surface area contributed by atoms with Crippen molar-refractivity contribution in [2.24, 2.45) is 5.92 Å². The van der Waals surface area contributed by atoms with Gasteiger partial charge in [0.15, 0.2) is 0 Å². The smallest absolute Gasteiger partial charge is 0.390 e. The largest absolute Gasteiger partial charge is 0.507 e. The summed E-state index contributed by atoms with van der Waals surface area (Å²) in [5.74, 6) is 0.349. The molecule has 3 rings (SSSR count). The average Bonchev–Trinajstić information content (AvgIpc) is 3.29. The Morgan fingerprint density at radius 2 is 1.90 bits per heavy atom. The van der Waals surface area contributed by atoms with Crippen LogP contribution in [0, 0.1) is 5.92 Å². The first-order valence-corrected chi connectivity index (χ1v) is 9.66. The zero-order valence-electron chi connectivity index (χ0n) is 12.8. The molecule has 0 bridgehead atoms. The van der Waals surface area contributed by atoms with Crippen LogP contribution in [0.3, 0.4) is 0 Å². The van der Waals surface area contributed by atoms with Crippen molar-refractivity contribution < 1.29 is 28.8 Å². The van der Waals surface area contributed by atoms with E-state index in [4.69, 9.17) is 24.0 Å². The summed E-state index contributed by atoms with van der Waals surface area (Å²) < 4.78 is 5.74. The van der Waals surface area contributed by atoms with Gasteiger partial charge in [-0.1, -0.05) is 6.42 Å². The number of carbonyl (C=O) groups excluding carboxylic acids is 1. The molecule has 120 valence electrons. The lowest BCUT2D eigenvalue weighted by molar-refractivity contribution is -0.133. The quantitative estimate of drug-likeness (QED) is 0.430. The van der Waals surface area contributed by atoms with E-state index in [0.717, 1.165) is 25.9 Å². The second kappa shape index (κ2) is 5.29. The third kappa shape index (κ3) is 2.76. The highest BCUT2D eigenvalue weighted by Crippen LogP contribution is 2.54. The van der Waals surface area contributed by atoms with Gasteiger partial charge in [-0.25, -0.2) is 0 Å². The third-order valence-electron chi connectivity index (χ3n) is 4.76. The highest BCUT2D eigenvalue weighted by Gasteiger charge is 2.82. The van der Waals surface area contributed by atoms with Crippen LogP contribution in [0.5, 0.6) is 0 Å². The summed E-state index contributed by atoms with van der Waals surface area (Å²) in [5.41, 5.74) is -1.75. The lowest BCUT2D eigenvalue weighted by Crippen LogP contribution is -2.63. The van der Waals surface area contributed by atoms with E-state index in [1.54, 1.807) is 13.8 Å². The van der Waals surface area contributed by atoms with Gasteiger partial charge >= 0.3 is 8.32 Å². The van der Waals surface area contributed by atoms with Gasteiger partial charge in [0.25, 0.3) is 16.8 Å². The molecular weight excluding hydrogens is 294 g/mol. The second-order valence-corrected chi connectivity index (χ2v) is 10.6. The molecule has 1 N–H and O–H groups in total. The lowest BCUT2D eigenvalue weighted by Gasteiger charge is -2.31. The molecule has 0 aromatic carbocycles. The topological polar surface area (TPSA) is 88.5 Å². The molecule has 3 aliphatic heterocycles. The van der Waals surface area contributed by atoms with Crippen LogP contribution in [-0.2, 0) is 28.8 Å². The fourth-order valence-electron chi connectivity index (χ4n) is 3.34. The number of carbonyl (C=O) groups is 1.